The Morgan fingerprint density at radius 2 is 1.69 bits per heavy atom. The summed E-state index contributed by atoms with van der Waals surface area (Å²) in [6, 6.07) is 23.5. The van der Waals surface area contributed by atoms with Gasteiger partial charge in [-0.2, -0.15) is 0 Å². The van der Waals surface area contributed by atoms with Gasteiger partial charge in [0.1, 0.15) is 6.54 Å². The molecule has 0 atom stereocenters. The van der Waals surface area contributed by atoms with Crippen LogP contribution in [0, 0.1) is 6.92 Å². The number of benzene rings is 3. The van der Waals surface area contributed by atoms with E-state index in [-0.39, 0.29) is 18.5 Å². The molecule has 0 bridgehead atoms. The number of amides is 3. The van der Waals surface area contributed by atoms with Gasteiger partial charge in [0.05, 0.1) is 5.69 Å². The molecule has 0 aliphatic carbocycles. The monoisotopic (exact) mass is 590 g/mol. The van der Waals surface area contributed by atoms with Gasteiger partial charge in [-0.25, -0.2) is 4.79 Å². The first-order valence-electron chi connectivity index (χ1n) is 13.1. The quantitative estimate of drug-likeness (QED) is 0.188. The molecule has 39 heavy (non-hydrogen) atoms. The Labute approximate surface area is 238 Å². The number of aromatic amines is 1. The van der Waals surface area contributed by atoms with Crippen LogP contribution in [0.3, 0.4) is 0 Å². The number of carbonyl (C=O) groups excluding carboxylic acids is 2. The summed E-state index contributed by atoms with van der Waals surface area (Å²) in [5.74, 6) is -0.102. The lowest BCUT2D eigenvalue weighted by molar-refractivity contribution is -0.132. The summed E-state index contributed by atoms with van der Waals surface area (Å²) in [5, 5.41) is 4.10. The van der Waals surface area contributed by atoms with Crippen LogP contribution in [0.15, 0.2) is 83.5 Å². The Balaban J connectivity index is 1.51. The number of carbonyl (C=O) groups is 2. The summed E-state index contributed by atoms with van der Waals surface area (Å²) in [6.45, 7) is 3.92. The van der Waals surface area contributed by atoms with Crippen molar-refractivity contribution >= 4 is 44.5 Å². The highest BCUT2D eigenvalue weighted by atomic mass is 79.9. The average molecular weight is 592 g/mol. The van der Waals surface area contributed by atoms with Gasteiger partial charge < -0.3 is 24.8 Å². The van der Waals surface area contributed by atoms with Crippen LogP contribution in [0.25, 0.3) is 10.9 Å². The van der Waals surface area contributed by atoms with Crippen LogP contribution in [-0.4, -0.2) is 60.1 Å². The van der Waals surface area contributed by atoms with Gasteiger partial charge in [0.2, 0.25) is 5.91 Å². The molecule has 0 saturated heterocycles. The molecule has 3 aromatic carbocycles. The molecule has 4 rings (SSSR count). The van der Waals surface area contributed by atoms with E-state index in [4.69, 9.17) is 4.74 Å². The van der Waals surface area contributed by atoms with E-state index in [0.717, 1.165) is 26.5 Å². The number of H-pyrrole nitrogens is 1. The second-order valence-corrected chi connectivity index (χ2v) is 10.4. The Kier molecular flexibility index (Phi) is 10.2. The molecule has 2 N–H and O–H groups in total. The Bertz CT molecular complexity index is 1390. The van der Waals surface area contributed by atoms with E-state index in [2.05, 4.69) is 62.6 Å². The molecule has 0 radical (unpaired) electrons. The number of hydrogen-bond donors (Lipinski definition) is 2. The lowest BCUT2D eigenvalue weighted by atomic mass is 10.1. The van der Waals surface area contributed by atoms with Crippen molar-refractivity contribution in [1.82, 2.24) is 14.8 Å². The number of halogens is 1. The maximum atomic E-state index is 13.8. The van der Waals surface area contributed by atoms with Crippen LogP contribution < -0.4 is 5.32 Å². The first-order chi connectivity index (χ1) is 18.9. The molecule has 7 nitrogen and oxygen atoms in total. The lowest BCUT2D eigenvalue weighted by Crippen LogP contribution is -2.45. The van der Waals surface area contributed by atoms with Gasteiger partial charge in [-0.1, -0.05) is 60.2 Å². The number of urea groups is 1. The van der Waals surface area contributed by atoms with Gasteiger partial charge in [-0.15, -0.1) is 0 Å². The standard InChI is InChI=1S/C31H35BrN4O3/c1-23-12-14-24(15-13-23)21-35(18-16-25-20-33-28-10-5-3-8-26(25)28)30(37)22-36(17-7-19-39-2)31(38)34-29-11-6-4-9-27(29)32/h3-6,8-15,20,33H,7,16-19,21-22H2,1-2H3,(H,34,38). The molecule has 0 spiro atoms. The van der Waals surface area contributed by atoms with Crippen LogP contribution >= 0.6 is 15.9 Å². The summed E-state index contributed by atoms with van der Waals surface area (Å²) in [7, 11) is 1.63. The Morgan fingerprint density at radius 3 is 2.46 bits per heavy atom. The van der Waals surface area contributed by atoms with Crippen LogP contribution in [0.4, 0.5) is 10.5 Å². The number of nitrogens with one attached hydrogen (secondary N) is 2. The number of aryl methyl sites for hydroxylation is 1. The van der Waals surface area contributed by atoms with E-state index >= 15 is 0 Å². The molecule has 0 saturated carbocycles. The third kappa shape index (κ3) is 7.94. The molecule has 3 amide bonds. The van der Waals surface area contributed by atoms with E-state index in [9.17, 15) is 9.59 Å². The van der Waals surface area contributed by atoms with Crippen molar-refractivity contribution in [3.05, 3.63) is 100 Å². The van der Waals surface area contributed by atoms with Crippen molar-refractivity contribution in [2.45, 2.75) is 26.3 Å². The topological polar surface area (TPSA) is 77.7 Å². The first-order valence-corrected chi connectivity index (χ1v) is 13.9. The molecule has 4 aromatic rings. The Morgan fingerprint density at radius 1 is 0.949 bits per heavy atom. The highest BCUT2D eigenvalue weighted by Gasteiger charge is 2.22. The minimum atomic E-state index is -0.321. The summed E-state index contributed by atoms with van der Waals surface area (Å²) < 4.78 is 5.98. The highest BCUT2D eigenvalue weighted by Crippen LogP contribution is 2.22. The van der Waals surface area contributed by atoms with Crippen molar-refractivity contribution in [3.8, 4) is 0 Å². The largest absolute Gasteiger partial charge is 0.385 e. The zero-order valence-electron chi connectivity index (χ0n) is 22.5. The number of rotatable bonds is 12. The number of hydrogen-bond acceptors (Lipinski definition) is 3. The number of para-hydroxylation sites is 2. The van der Waals surface area contributed by atoms with Crippen LogP contribution in [0.5, 0.6) is 0 Å². The molecular weight excluding hydrogens is 556 g/mol. The summed E-state index contributed by atoms with van der Waals surface area (Å²) in [6.07, 6.45) is 3.34. The number of anilines is 1. The average Bonchev–Trinajstić information content (AvgIpc) is 3.36. The predicted molar refractivity (Wildman–Crippen MR) is 160 cm³/mol. The summed E-state index contributed by atoms with van der Waals surface area (Å²) in [5.41, 5.74) is 5.12. The highest BCUT2D eigenvalue weighted by molar-refractivity contribution is 9.10. The second kappa shape index (κ2) is 14.0. The predicted octanol–water partition coefficient (Wildman–Crippen LogP) is 6.38. The van der Waals surface area contributed by atoms with Crippen molar-refractivity contribution in [2.24, 2.45) is 0 Å². The minimum Gasteiger partial charge on any atom is -0.385 e. The Hall–Kier alpha value is -3.62. The van der Waals surface area contributed by atoms with E-state index in [1.54, 1.807) is 12.0 Å². The van der Waals surface area contributed by atoms with Crippen molar-refractivity contribution in [3.63, 3.8) is 0 Å². The molecule has 0 aliphatic heterocycles. The maximum absolute atomic E-state index is 13.8. The number of nitrogens with zero attached hydrogens (tertiary/aromatic N) is 2. The van der Waals surface area contributed by atoms with E-state index in [0.29, 0.717) is 44.8 Å². The first kappa shape index (κ1) is 28.4. The number of aromatic nitrogens is 1. The van der Waals surface area contributed by atoms with Crippen molar-refractivity contribution < 1.29 is 14.3 Å². The molecular formula is C31H35BrN4O3. The third-order valence-electron chi connectivity index (χ3n) is 6.68. The minimum absolute atomic E-state index is 0.0280. The van der Waals surface area contributed by atoms with Crippen LogP contribution in [-0.2, 0) is 22.5 Å². The van der Waals surface area contributed by atoms with E-state index < -0.39 is 0 Å². The summed E-state index contributed by atoms with van der Waals surface area (Å²) in [4.78, 5) is 33.8. The normalized spacial score (nSPS) is 10.9. The van der Waals surface area contributed by atoms with Crippen LogP contribution in [0.1, 0.15) is 23.1 Å². The molecule has 1 heterocycles. The SMILES string of the molecule is COCCCN(CC(=O)N(CCc1c[nH]c2ccccc12)Cc1ccc(C)cc1)C(=O)Nc1ccccc1Br. The van der Waals surface area contributed by atoms with Crippen molar-refractivity contribution in [1.29, 1.82) is 0 Å². The molecule has 1 aromatic heterocycles. The maximum Gasteiger partial charge on any atom is 0.322 e. The van der Waals surface area contributed by atoms with E-state index in [1.165, 1.54) is 5.56 Å². The fourth-order valence-corrected chi connectivity index (χ4v) is 4.86. The van der Waals surface area contributed by atoms with Gasteiger partial charge in [0, 0.05) is 54.9 Å². The van der Waals surface area contributed by atoms with E-state index in [1.807, 2.05) is 54.4 Å². The number of methoxy groups -OCH3 is 1. The van der Waals surface area contributed by atoms with Gasteiger partial charge in [0.25, 0.3) is 0 Å². The van der Waals surface area contributed by atoms with Crippen molar-refractivity contribution in [2.75, 3.05) is 38.7 Å². The number of fused-ring (bicyclic) bond motifs is 1. The molecule has 8 heteroatoms. The zero-order valence-corrected chi connectivity index (χ0v) is 24.0. The molecule has 0 aliphatic rings. The van der Waals surface area contributed by atoms with Gasteiger partial charge in [-0.05, 0) is 65.0 Å². The molecule has 204 valence electrons. The van der Waals surface area contributed by atoms with Gasteiger partial charge in [0.15, 0.2) is 0 Å². The fourth-order valence-electron chi connectivity index (χ4n) is 4.47. The van der Waals surface area contributed by atoms with Gasteiger partial charge >= 0.3 is 6.03 Å². The molecule has 0 fully saturated rings. The smallest absolute Gasteiger partial charge is 0.322 e. The van der Waals surface area contributed by atoms with Crippen LogP contribution in [0.2, 0.25) is 0 Å². The molecule has 0 unspecified atom stereocenters. The number of ether oxygens (including phenoxy) is 1. The summed E-state index contributed by atoms with van der Waals surface area (Å²) >= 11 is 3.48. The zero-order chi connectivity index (χ0) is 27.6. The van der Waals surface area contributed by atoms with Gasteiger partial charge in [-0.3, -0.25) is 4.79 Å². The fraction of sp³-hybridized carbons (Fsp3) is 0.290. The second-order valence-electron chi connectivity index (χ2n) is 9.59. The lowest BCUT2D eigenvalue weighted by Gasteiger charge is -2.28. The third-order valence-corrected chi connectivity index (χ3v) is 7.37.